The Bertz CT molecular complexity index is 612. The molecule has 0 radical (unpaired) electrons. The minimum Gasteiger partial charge on any atom is -0.481 e. The maximum absolute atomic E-state index is 10.8. The maximum Gasteiger partial charge on any atom is 0.303 e. The van der Waals surface area contributed by atoms with Gasteiger partial charge in [0.25, 0.3) is 0 Å². The molecule has 0 aliphatic carbocycles. The first-order valence-electron chi connectivity index (χ1n) is 5.86. The molecule has 5 nitrogen and oxygen atoms in total. The smallest absolute Gasteiger partial charge is 0.303 e. The first kappa shape index (κ1) is 14.6. The minimum atomic E-state index is -0.937. The van der Waals surface area contributed by atoms with E-state index in [9.17, 15) is 9.70 Å². The number of aliphatic carboxylic acids is 1. The number of carboxylic acid groups (broad SMARTS) is 1. The second kappa shape index (κ2) is 6.58. The first-order valence-corrected chi connectivity index (χ1v) is 7.05. The molecule has 0 spiro atoms. The zero-order chi connectivity index (χ0) is 14.5. The second-order valence-corrected chi connectivity index (χ2v) is 5.81. The standard InChI is InChI=1S/C13H11ClN2O3S/c14-11-7-15-13(20-11)9-3-1-8(2-4-9)10(16-19)5-6-12(17)18/h1-4,7,10H,5-6H2,(H,17,18). The predicted molar refractivity (Wildman–Crippen MR) is 78.0 cm³/mol. The fraction of sp³-hybridized carbons (Fsp3) is 0.231. The van der Waals surface area contributed by atoms with Gasteiger partial charge < -0.3 is 5.11 Å². The molecule has 0 bridgehead atoms. The Labute approximate surface area is 124 Å². The number of rotatable bonds is 6. The van der Waals surface area contributed by atoms with E-state index in [0.29, 0.717) is 9.90 Å². The molecule has 0 fully saturated rings. The van der Waals surface area contributed by atoms with Crippen molar-refractivity contribution < 1.29 is 9.90 Å². The van der Waals surface area contributed by atoms with Gasteiger partial charge in [0.1, 0.15) is 15.4 Å². The average molecular weight is 311 g/mol. The van der Waals surface area contributed by atoms with Gasteiger partial charge in [-0.3, -0.25) is 4.79 Å². The molecule has 0 amide bonds. The van der Waals surface area contributed by atoms with Crippen LogP contribution in [0.5, 0.6) is 0 Å². The summed E-state index contributed by atoms with van der Waals surface area (Å²) in [4.78, 5) is 25.5. The van der Waals surface area contributed by atoms with Crippen molar-refractivity contribution in [3.05, 3.63) is 45.3 Å². The van der Waals surface area contributed by atoms with E-state index in [4.69, 9.17) is 16.7 Å². The van der Waals surface area contributed by atoms with E-state index in [1.54, 1.807) is 18.3 Å². The topological polar surface area (TPSA) is 79.6 Å². The molecule has 0 aliphatic heterocycles. The quantitative estimate of drug-likeness (QED) is 0.813. The van der Waals surface area contributed by atoms with E-state index in [2.05, 4.69) is 10.2 Å². The van der Waals surface area contributed by atoms with Crippen LogP contribution in [0.25, 0.3) is 10.6 Å². The van der Waals surface area contributed by atoms with Crippen LogP contribution in [0.3, 0.4) is 0 Å². The van der Waals surface area contributed by atoms with Crippen LogP contribution < -0.4 is 0 Å². The summed E-state index contributed by atoms with van der Waals surface area (Å²) >= 11 is 7.20. The molecule has 0 saturated heterocycles. The van der Waals surface area contributed by atoms with Crippen molar-refractivity contribution in [2.45, 2.75) is 18.9 Å². The van der Waals surface area contributed by atoms with Gasteiger partial charge in [-0.1, -0.05) is 41.0 Å². The molecule has 1 aromatic carbocycles. The molecule has 1 aromatic heterocycles. The number of nitrogens with zero attached hydrogens (tertiary/aromatic N) is 2. The van der Waals surface area contributed by atoms with Crippen LogP contribution in [0.15, 0.2) is 35.6 Å². The number of benzene rings is 1. The van der Waals surface area contributed by atoms with Crippen molar-refractivity contribution in [1.82, 2.24) is 4.98 Å². The summed E-state index contributed by atoms with van der Waals surface area (Å²) in [6, 6.07) is 6.53. The number of hydrogen-bond acceptors (Lipinski definition) is 5. The predicted octanol–water partition coefficient (Wildman–Crippen LogP) is 4.14. The number of hydrogen-bond donors (Lipinski definition) is 1. The number of thiazole rings is 1. The summed E-state index contributed by atoms with van der Waals surface area (Å²) < 4.78 is 0.609. The lowest BCUT2D eigenvalue weighted by atomic mass is 10.0. The Hall–Kier alpha value is -1.79. The third-order valence-electron chi connectivity index (χ3n) is 2.78. The summed E-state index contributed by atoms with van der Waals surface area (Å²) in [7, 11) is 0. The maximum atomic E-state index is 10.8. The van der Waals surface area contributed by atoms with Crippen LogP contribution in [-0.2, 0) is 4.79 Å². The van der Waals surface area contributed by atoms with Crippen LogP contribution in [0.1, 0.15) is 24.4 Å². The third-order valence-corrected chi connectivity index (χ3v) is 3.94. The van der Waals surface area contributed by atoms with Crippen molar-refractivity contribution in [3.63, 3.8) is 0 Å². The van der Waals surface area contributed by atoms with Crippen molar-refractivity contribution in [1.29, 1.82) is 0 Å². The van der Waals surface area contributed by atoms with Gasteiger partial charge in [0.05, 0.1) is 6.20 Å². The van der Waals surface area contributed by atoms with E-state index < -0.39 is 12.0 Å². The molecule has 1 heterocycles. The van der Waals surface area contributed by atoms with Gasteiger partial charge in [-0.2, -0.15) is 4.91 Å². The minimum absolute atomic E-state index is 0.0831. The summed E-state index contributed by atoms with van der Waals surface area (Å²) in [5.41, 5.74) is 1.60. The van der Waals surface area contributed by atoms with Gasteiger partial charge in [-0.25, -0.2) is 4.98 Å². The SMILES string of the molecule is O=NC(CCC(=O)O)c1ccc(-c2ncc(Cl)s2)cc1. The van der Waals surface area contributed by atoms with Crippen molar-refractivity contribution in [3.8, 4) is 10.6 Å². The Morgan fingerprint density at radius 2 is 2.10 bits per heavy atom. The molecule has 1 atom stereocenters. The van der Waals surface area contributed by atoms with Gasteiger partial charge in [-0.05, 0) is 12.0 Å². The molecule has 0 aliphatic rings. The van der Waals surface area contributed by atoms with E-state index in [0.717, 1.165) is 10.6 Å². The molecule has 2 aromatic rings. The number of carboxylic acids is 1. The molecule has 2 rings (SSSR count). The van der Waals surface area contributed by atoms with Crippen molar-refractivity contribution >= 4 is 28.9 Å². The number of nitroso groups, excluding NO2 is 1. The zero-order valence-electron chi connectivity index (χ0n) is 10.3. The molecule has 20 heavy (non-hydrogen) atoms. The Balaban J connectivity index is 2.14. The highest BCUT2D eigenvalue weighted by Gasteiger charge is 2.14. The number of carbonyl (C=O) groups is 1. The van der Waals surface area contributed by atoms with Gasteiger partial charge in [0, 0.05) is 12.0 Å². The van der Waals surface area contributed by atoms with Gasteiger partial charge in [0.15, 0.2) is 0 Å². The first-order chi connectivity index (χ1) is 9.60. The molecule has 1 N–H and O–H groups in total. The lowest BCUT2D eigenvalue weighted by Crippen LogP contribution is -2.00. The summed E-state index contributed by atoms with van der Waals surface area (Å²) in [6.45, 7) is 0. The van der Waals surface area contributed by atoms with Crippen LogP contribution in [0, 0.1) is 4.91 Å². The van der Waals surface area contributed by atoms with Gasteiger partial charge >= 0.3 is 5.97 Å². The fourth-order valence-electron chi connectivity index (χ4n) is 1.78. The lowest BCUT2D eigenvalue weighted by Gasteiger charge is -2.08. The Morgan fingerprint density at radius 1 is 1.40 bits per heavy atom. The largest absolute Gasteiger partial charge is 0.481 e. The molecular formula is C13H11ClN2O3S. The molecular weight excluding hydrogens is 300 g/mol. The Morgan fingerprint density at radius 3 is 2.60 bits per heavy atom. The van der Waals surface area contributed by atoms with Crippen LogP contribution >= 0.6 is 22.9 Å². The van der Waals surface area contributed by atoms with Crippen molar-refractivity contribution in [2.75, 3.05) is 0 Å². The monoisotopic (exact) mass is 310 g/mol. The molecule has 104 valence electrons. The summed E-state index contributed by atoms with van der Waals surface area (Å²) in [5, 5.41) is 12.4. The van der Waals surface area contributed by atoms with Gasteiger partial charge in [0.2, 0.25) is 0 Å². The molecule has 0 saturated carbocycles. The fourth-order valence-corrected chi connectivity index (χ4v) is 2.69. The highest BCUT2D eigenvalue weighted by molar-refractivity contribution is 7.18. The molecule has 1 unspecified atom stereocenters. The van der Waals surface area contributed by atoms with Crippen molar-refractivity contribution in [2.24, 2.45) is 5.18 Å². The summed E-state index contributed by atoms with van der Waals surface area (Å²) in [5.74, 6) is -0.937. The van der Waals surface area contributed by atoms with E-state index in [-0.39, 0.29) is 12.8 Å². The third kappa shape index (κ3) is 3.61. The summed E-state index contributed by atoms with van der Waals surface area (Å²) in [6.07, 6.45) is 1.69. The highest BCUT2D eigenvalue weighted by atomic mass is 35.5. The highest BCUT2D eigenvalue weighted by Crippen LogP contribution is 2.30. The molecule has 7 heteroatoms. The van der Waals surface area contributed by atoms with E-state index in [1.807, 2.05) is 12.1 Å². The van der Waals surface area contributed by atoms with Crippen LogP contribution in [0.2, 0.25) is 4.34 Å². The average Bonchev–Trinajstić information content (AvgIpc) is 2.86. The lowest BCUT2D eigenvalue weighted by molar-refractivity contribution is -0.137. The van der Waals surface area contributed by atoms with Crippen LogP contribution in [-0.4, -0.2) is 16.1 Å². The van der Waals surface area contributed by atoms with E-state index in [1.165, 1.54) is 11.3 Å². The normalized spacial score (nSPS) is 12.1. The number of aromatic nitrogens is 1. The zero-order valence-corrected chi connectivity index (χ0v) is 11.9. The second-order valence-electron chi connectivity index (χ2n) is 4.15. The van der Waals surface area contributed by atoms with Gasteiger partial charge in [-0.15, -0.1) is 11.3 Å². The number of halogens is 1. The van der Waals surface area contributed by atoms with Crippen LogP contribution in [0.4, 0.5) is 0 Å². The van der Waals surface area contributed by atoms with E-state index >= 15 is 0 Å². The Kier molecular flexibility index (Phi) is 4.81.